The van der Waals surface area contributed by atoms with Crippen molar-refractivity contribution in [2.75, 3.05) is 6.54 Å². The molecule has 0 radical (unpaired) electrons. The van der Waals surface area contributed by atoms with Crippen molar-refractivity contribution in [2.45, 2.75) is 31.3 Å². The van der Waals surface area contributed by atoms with Crippen molar-refractivity contribution < 1.29 is 22.8 Å². The lowest BCUT2D eigenvalue weighted by atomic mass is 10.3. The highest BCUT2D eigenvalue weighted by molar-refractivity contribution is 6.31. The normalized spacial score (nSPS) is 13.1. The van der Waals surface area contributed by atoms with Crippen LogP contribution in [0.25, 0.3) is 0 Å². The van der Waals surface area contributed by atoms with Crippen LogP contribution >= 0.6 is 11.6 Å². The third-order valence-electron chi connectivity index (χ3n) is 1.52. The van der Waals surface area contributed by atoms with Crippen molar-refractivity contribution >= 4 is 23.5 Å². The zero-order chi connectivity index (χ0) is 12.8. The van der Waals surface area contributed by atoms with E-state index in [-0.39, 0.29) is 13.0 Å². The first kappa shape index (κ1) is 15.0. The van der Waals surface area contributed by atoms with E-state index in [9.17, 15) is 22.8 Å². The second-order valence-electron chi connectivity index (χ2n) is 3.08. The van der Waals surface area contributed by atoms with Crippen molar-refractivity contribution in [3.8, 4) is 0 Å². The van der Waals surface area contributed by atoms with Crippen LogP contribution < -0.4 is 10.6 Å². The molecule has 2 N–H and O–H groups in total. The highest BCUT2D eigenvalue weighted by atomic mass is 35.5. The van der Waals surface area contributed by atoms with Gasteiger partial charge in [-0.05, 0) is 13.3 Å². The van der Waals surface area contributed by atoms with E-state index in [4.69, 9.17) is 11.6 Å². The lowest BCUT2D eigenvalue weighted by Gasteiger charge is -2.08. The molecule has 0 bridgehead atoms. The molecule has 3 amide bonds. The molecule has 8 heteroatoms. The lowest BCUT2D eigenvalue weighted by Crippen LogP contribution is -2.42. The smallest absolute Gasteiger partial charge is 0.338 e. The molecule has 0 aliphatic rings. The Morgan fingerprint density at radius 1 is 1.38 bits per heavy atom. The van der Waals surface area contributed by atoms with Gasteiger partial charge in [-0.3, -0.25) is 10.1 Å². The molecule has 0 saturated heterocycles. The van der Waals surface area contributed by atoms with Gasteiger partial charge in [0.15, 0.2) is 0 Å². The summed E-state index contributed by atoms with van der Waals surface area (Å²) in [5.74, 6) is -0.699. The largest absolute Gasteiger partial charge is 0.389 e. The fourth-order valence-electron chi connectivity index (χ4n) is 0.746. The number of nitrogens with one attached hydrogen (secondary N) is 2. The van der Waals surface area contributed by atoms with E-state index in [2.05, 4.69) is 5.32 Å². The molecule has 0 aromatic heterocycles. The maximum atomic E-state index is 11.7. The standard InChI is InChI=1S/C8H12ClF3N2O2/c1-5(9)6(15)14-7(16)13-4-2-3-8(10,11)12/h5H,2-4H2,1H3,(H2,13,14,15,16). The van der Waals surface area contributed by atoms with Crippen molar-refractivity contribution in [3.05, 3.63) is 0 Å². The van der Waals surface area contributed by atoms with Crippen molar-refractivity contribution in [3.63, 3.8) is 0 Å². The Kier molecular flexibility index (Phi) is 6.17. The van der Waals surface area contributed by atoms with Gasteiger partial charge in [0.25, 0.3) is 0 Å². The summed E-state index contributed by atoms with van der Waals surface area (Å²) in [6.07, 6.45) is -5.45. The Labute approximate surface area is 95.5 Å². The Balaban J connectivity index is 3.63. The zero-order valence-electron chi connectivity index (χ0n) is 8.53. The summed E-state index contributed by atoms with van der Waals surface area (Å²) < 4.78 is 35.1. The van der Waals surface area contributed by atoms with Crippen LogP contribution in [0.1, 0.15) is 19.8 Å². The van der Waals surface area contributed by atoms with E-state index in [0.29, 0.717) is 0 Å². The molecule has 0 spiro atoms. The molecule has 0 rings (SSSR count). The number of halogens is 4. The van der Waals surface area contributed by atoms with Gasteiger partial charge < -0.3 is 5.32 Å². The summed E-state index contributed by atoms with van der Waals surface area (Å²) in [6, 6.07) is -0.848. The SMILES string of the molecule is CC(Cl)C(=O)NC(=O)NCCCC(F)(F)F. The number of amides is 3. The van der Waals surface area contributed by atoms with Gasteiger partial charge in [-0.2, -0.15) is 13.2 Å². The molecule has 1 unspecified atom stereocenters. The maximum absolute atomic E-state index is 11.7. The fourth-order valence-corrected chi connectivity index (χ4v) is 0.801. The van der Waals surface area contributed by atoms with Crippen LogP contribution in [0.4, 0.5) is 18.0 Å². The summed E-state index contributed by atoms with van der Waals surface area (Å²) in [5.41, 5.74) is 0. The van der Waals surface area contributed by atoms with Crippen LogP contribution in [0.5, 0.6) is 0 Å². The minimum atomic E-state index is -4.24. The number of imide groups is 1. The third-order valence-corrected chi connectivity index (χ3v) is 1.72. The number of hydrogen-bond acceptors (Lipinski definition) is 2. The predicted molar refractivity (Wildman–Crippen MR) is 52.1 cm³/mol. The average molecular weight is 261 g/mol. The molecule has 0 heterocycles. The fraction of sp³-hybridized carbons (Fsp3) is 0.750. The number of carbonyl (C=O) groups is 2. The monoisotopic (exact) mass is 260 g/mol. The average Bonchev–Trinajstić information content (AvgIpc) is 2.10. The van der Waals surface area contributed by atoms with Crippen LogP contribution in [-0.2, 0) is 4.79 Å². The van der Waals surface area contributed by atoms with E-state index in [1.807, 2.05) is 5.32 Å². The Morgan fingerprint density at radius 3 is 2.38 bits per heavy atom. The number of urea groups is 1. The molecule has 16 heavy (non-hydrogen) atoms. The van der Waals surface area contributed by atoms with Gasteiger partial charge >= 0.3 is 12.2 Å². The number of carbonyl (C=O) groups excluding carboxylic acids is 2. The van der Waals surface area contributed by atoms with Gasteiger partial charge in [0.1, 0.15) is 5.38 Å². The molecule has 4 nitrogen and oxygen atoms in total. The molecule has 1 atom stereocenters. The molecule has 0 aliphatic carbocycles. The van der Waals surface area contributed by atoms with E-state index in [1.54, 1.807) is 0 Å². The van der Waals surface area contributed by atoms with Crippen molar-refractivity contribution in [1.29, 1.82) is 0 Å². The molecule has 0 aromatic rings. The van der Waals surface area contributed by atoms with E-state index in [1.165, 1.54) is 6.92 Å². The van der Waals surface area contributed by atoms with Crippen molar-refractivity contribution in [1.82, 2.24) is 10.6 Å². The zero-order valence-corrected chi connectivity index (χ0v) is 9.28. The minimum absolute atomic E-state index is 0.157. The first-order chi connectivity index (χ1) is 7.22. The minimum Gasteiger partial charge on any atom is -0.338 e. The molecule has 0 saturated carbocycles. The van der Waals surface area contributed by atoms with Gasteiger partial charge in [-0.15, -0.1) is 11.6 Å². The Bertz CT molecular complexity index is 256. The summed E-state index contributed by atoms with van der Waals surface area (Å²) in [4.78, 5) is 21.8. The third kappa shape index (κ3) is 8.34. The summed E-state index contributed by atoms with van der Waals surface area (Å²) in [6.45, 7) is 1.21. The molecular weight excluding hydrogens is 249 g/mol. The highest BCUT2D eigenvalue weighted by Crippen LogP contribution is 2.20. The van der Waals surface area contributed by atoms with Crippen molar-refractivity contribution in [2.24, 2.45) is 0 Å². The molecule has 0 fully saturated rings. The van der Waals surface area contributed by atoms with Crippen LogP contribution in [0.2, 0.25) is 0 Å². The van der Waals surface area contributed by atoms with E-state index >= 15 is 0 Å². The number of hydrogen-bond donors (Lipinski definition) is 2. The number of alkyl halides is 4. The quantitative estimate of drug-likeness (QED) is 0.598. The molecule has 0 aromatic carbocycles. The second kappa shape index (κ2) is 6.57. The second-order valence-corrected chi connectivity index (χ2v) is 3.73. The maximum Gasteiger partial charge on any atom is 0.389 e. The first-order valence-electron chi connectivity index (χ1n) is 4.52. The van der Waals surface area contributed by atoms with Crippen LogP contribution in [-0.4, -0.2) is 30.0 Å². The van der Waals surface area contributed by atoms with Crippen LogP contribution in [0.3, 0.4) is 0 Å². The first-order valence-corrected chi connectivity index (χ1v) is 4.95. The van der Waals surface area contributed by atoms with E-state index < -0.39 is 29.9 Å². The van der Waals surface area contributed by atoms with Gasteiger partial charge in [-0.1, -0.05) is 0 Å². The van der Waals surface area contributed by atoms with E-state index in [0.717, 1.165) is 0 Å². The topological polar surface area (TPSA) is 58.2 Å². The number of rotatable bonds is 4. The summed E-state index contributed by atoms with van der Waals surface area (Å²) >= 11 is 5.35. The predicted octanol–water partition coefficient (Wildman–Crippen LogP) is 1.78. The lowest BCUT2D eigenvalue weighted by molar-refractivity contribution is -0.135. The molecule has 94 valence electrons. The summed E-state index contributed by atoms with van der Waals surface area (Å²) in [5, 5.41) is 3.11. The van der Waals surface area contributed by atoms with Crippen LogP contribution in [0.15, 0.2) is 0 Å². The van der Waals surface area contributed by atoms with Gasteiger partial charge in [0, 0.05) is 13.0 Å². The van der Waals surface area contributed by atoms with Gasteiger partial charge in [0.05, 0.1) is 0 Å². The molecule has 0 aliphatic heterocycles. The van der Waals surface area contributed by atoms with Gasteiger partial charge in [-0.25, -0.2) is 4.79 Å². The molecular formula is C8H12ClF3N2O2. The van der Waals surface area contributed by atoms with Gasteiger partial charge in [0.2, 0.25) is 5.91 Å². The Morgan fingerprint density at radius 2 is 1.94 bits per heavy atom. The highest BCUT2D eigenvalue weighted by Gasteiger charge is 2.26. The summed E-state index contributed by atoms with van der Waals surface area (Å²) in [7, 11) is 0. The Hall–Kier alpha value is -0.980. The van der Waals surface area contributed by atoms with Crippen LogP contribution in [0, 0.1) is 0 Å².